The molecule has 0 spiro atoms. The molecule has 2 aromatic carbocycles. The Balaban J connectivity index is 2.35. The van der Waals surface area contributed by atoms with Crippen LogP contribution in [0.25, 0.3) is 0 Å². The normalized spacial score (nSPS) is 10.2. The van der Waals surface area contributed by atoms with Crippen LogP contribution in [0.2, 0.25) is 0 Å². The van der Waals surface area contributed by atoms with Crippen molar-refractivity contribution in [2.75, 3.05) is 24.3 Å². The number of nitro groups is 2. The van der Waals surface area contributed by atoms with Crippen LogP contribution >= 0.6 is 0 Å². The molecular formula is C16H16N4O5. The molecule has 0 radical (unpaired) electrons. The van der Waals surface area contributed by atoms with Crippen molar-refractivity contribution in [1.82, 2.24) is 0 Å². The average Bonchev–Trinajstić information content (AvgIpc) is 2.54. The van der Waals surface area contributed by atoms with Gasteiger partial charge in [-0.05, 0) is 31.2 Å². The first-order chi connectivity index (χ1) is 11.7. The Morgan fingerprint density at radius 2 is 1.48 bits per heavy atom. The zero-order chi connectivity index (χ0) is 18.7. The second-order valence-corrected chi connectivity index (χ2v) is 5.55. The van der Waals surface area contributed by atoms with Gasteiger partial charge in [0.15, 0.2) is 0 Å². The molecular weight excluding hydrogens is 328 g/mol. The number of nitro benzene ring substituents is 2. The van der Waals surface area contributed by atoms with Crippen LogP contribution in [0.3, 0.4) is 0 Å². The van der Waals surface area contributed by atoms with Crippen LogP contribution in [-0.2, 0) is 0 Å². The summed E-state index contributed by atoms with van der Waals surface area (Å²) in [6, 6.07) is 8.98. The largest absolute Gasteiger partial charge is 0.378 e. The lowest BCUT2D eigenvalue weighted by atomic mass is 10.1. The molecule has 25 heavy (non-hydrogen) atoms. The van der Waals surface area contributed by atoms with Crippen molar-refractivity contribution in [2.24, 2.45) is 0 Å². The lowest BCUT2D eigenvalue weighted by Gasteiger charge is -2.13. The summed E-state index contributed by atoms with van der Waals surface area (Å²) in [4.78, 5) is 34.9. The summed E-state index contributed by atoms with van der Waals surface area (Å²) in [5.41, 5.74) is 0.216. The number of benzene rings is 2. The topological polar surface area (TPSA) is 119 Å². The molecule has 2 aromatic rings. The van der Waals surface area contributed by atoms with Crippen molar-refractivity contribution in [3.63, 3.8) is 0 Å². The molecule has 0 heterocycles. The van der Waals surface area contributed by atoms with Crippen LogP contribution in [0.5, 0.6) is 0 Å². The van der Waals surface area contributed by atoms with Gasteiger partial charge in [0.25, 0.3) is 17.3 Å². The standard InChI is InChI=1S/C16H16N4O5/c1-10-14(19(22)23)8-11(9-15(10)20(24)25)16(21)17-12-4-6-13(7-5-12)18(2)3/h4-9H,1-3H3,(H,17,21). The van der Waals surface area contributed by atoms with E-state index < -0.39 is 27.1 Å². The van der Waals surface area contributed by atoms with Gasteiger partial charge in [-0.25, -0.2) is 0 Å². The fourth-order valence-electron chi connectivity index (χ4n) is 2.24. The van der Waals surface area contributed by atoms with E-state index in [1.54, 1.807) is 24.3 Å². The van der Waals surface area contributed by atoms with E-state index in [1.165, 1.54) is 6.92 Å². The highest BCUT2D eigenvalue weighted by Gasteiger charge is 2.25. The summed E-state index contributed by atoms with van der Waals surface area (Å²) in [5.74, 6) is -0.663. The van der Waals surface area contributed by atoms with E-state index in [2.05, 4.69) is 5.32 Å². The highest BCUT2D eigenvalue weighted by atomic mass is 16.6. The summed E-state index contributed by atoms with van der Waals surface area (Å²) >= 11 is 0. The molecule has 130 valence electrons. The first-order valence-electron chi connectivity index (χ1n) is 7.23. The van der Waals surface area contributed by atoms with Gasteiger partial charge in [-0.2, -0.15) is 0 Å². The highest BCUT2D eigenvalue weighted by Crippen LogP contribution is 2.29. The monoisotopic (exact) mass is 344 g/mol. The van der Waals surface area contributed by atoms with Crippen molar-refractivity contribution >= 4 is 28.7 Å². The second kappa shape index (κ2) is 6.95. The summed E-state index contributed by atoms with van der Waals surface area (Å²) < 4.78 is 0. The Kier molecular flexibility index (Phi) is 4.97. The number of nitrogens with zero attached hydrogens (tertiary/aromatic N) is 3. The van der Waals surface area contributed by atoms with Gasteiger partial charge in [-0.15, -0.1) is 0 Å². The van der Waals surface area contributed by atoms with Crippen LogP contribution in [0.4, 0.5) is 22.7 Å². The van der Waals surface area contributed by atoms with Gasteiger partial charge in [-0.1, -0.05) is 0 Å². The molecule has 0 aromatic heterocycles. The molecule has 0 bridgehead atoms. The summed E-state index contributed by atoms with van der Waals surface area (Å²) in [7, 11) is 3.75. The number of hydrogen-bond donors (Lipinski definition) is 1. The third-order valence-corrected chi connectivity index (χ3v) is 3.65. The maximum atomic E-state index is 12.3. The molecule has 0 fully saturated rings. The quantitative estimate of drug-likeness (QED) is 0.657. The summed E-state index contributed by atoms with van der Waals surface area (Å²) in [6.07, 6.45) is 0. The number of carbonyl (C=O) groups is 1. The third-order valence-electron chi connectivity index (χ3n) is 3.65. The zero-order valence-corrected chi connectivity index (χ0v) is 13.8. The van der Waals surface area contributed by atoms with Crippen LogP contribution in [-0.4, -0.2) is 29.8 Å². The predicted octanol–water partition coefficient (Wildman–Crippen LogP) is 3.13. The summed E-state index contributed by atoms with van der Waals surface area (Å²) in [5, 5.41) is 24.7. The summed E-state index contributed by atoms with van der Waals surface area (Å²) in [6.45, 7) is 1.28. The van der Waals surface area contributed by atoms with E-state index in [1.807, 2.05) is 19.0 Å². The van der Waals surface area contributed by atoms with Gasteiger partial charge < -0.3 is 10.2 Å². The van der Waals surface area contributed by atoms with Crippen LogP contribution in [0.1, 0.15) is 15.9 Å². The van der Waals surface area contributed by atoms with E-state index >= 15 is 0 Å². The van der Waals surface area contributed by atoms with Crippen molar-refractivity contribution in [2.45, 2.75) is 6.92 Å². The Labute approximate surface area is 143 Å². The molecule has 9 nitrogen and oxygen atoms in total. The van der Waals surface area contributed by atoms with Crippen LogP contribution < -0.4 is 10.2 Å². The fraction of sp³-hybridized carbons (Fsp3) is 0.188. The number of carbonyl (C=O) groups excluding carboxylic acids is 1. The lowest BCUT2D eigenvalue weighted by molar-refractivity contribution is -0.395. The maximum absolute atomic E-state index is 12.3. The van der Waals surface area contributed by atoms with Gasteiger partial charge >= 0.3 is 0 Å². The zero-order valence-electron chi connectivity index (χ0n) is 13.8. The SMILES string of the molecule is Cc1c([N+](=O)[O-])cc(C(=O)Nc2ccc(N(C)C)cc2)cc1[N+](=O)[O-]. The molecule has 0 aliphatic rings. The number of anilines is 2. The molecule has 0 saturated heterocycles. The molecule has 0 aliphatic carbocycles. The minimum atomic E-state index is -0.745. The van der Waals surface area contributed by atoms with E-state index in [0.717, 1.165) is 17.8 Å². The molecule has 0 atom stereocenters. The maximum Gasteiger partial charge on any atom is 0.279 e. The second-order valence-electron chi connectivity index (χ2n) is 5.55. The minimum Gasteiger partial charge on any atom is -0.378 e. The van der Waals surface area contributed by atoms with Crippen molar-refractivity contribution in [1.29, 1.82) is 0 Å². The Bertz CT molecular complexity index is 811. The Hall–Kier alpha value is -3.49. The number of hydrogen-bond acceptors (Lipinski definition) is 6. The number of amides is 1. The Morgan fingerprint density at radius 1 is 1.00 bits per heavy atom. The molecule has 0 aliphatic heterocycles. The van der Waals surface area contributed by atoms with Gasteiger partial charge in [0.1, 0.15) is 5.56 Å². The fourth-order valence-corrected chi connectivity index (χ4v) is 2.24. The van der Waals surface area contributed by atoms with Crippen molar-refractivity contribution in [3.8, 4) is 0 Å². The molecule has 1 N–H and O–H groups in total. The first kappa shape index (κ1) is 17.9. The third kappa shape index (κ3) is 3.89. The molecule has 2 rings (SSSR count). The molecule has 0 unspecified atom stereocenters. The minimum absolute atomic E-state index is 0.0955. The van der Waals surface area contributed by atoms with Gasteiger partial charge in [-0.3, -0.25) is 25.0 Å². The molecule has 0 saturated carbocycles. The van der Waals surface area contributed by atoms with E-state index in [9.17, 15) is 25.0 Å². The van der Waals surface area contributed by atoms with E-state index in [4.69, 9.17) is 0 Å². The lowest BCUT2D eigenvalue weighted by Crippen LogP contribution is -2.14. The predicted molar refractivity (Wildman–Crippen MR) is 93.2 cm³/mol. The number of rotatable bonds is 5. The van der Waals surface area contributed by atoms with Crippen LogP contribution in [0, 0.1) is 27.2 Å². The van der Waals surface area contributed by atoms with Crippen molar-refractivity contribution < 1.29 is 14.6 Å². The molecule has 1 amide bonds. The van der Waals surface area contributed by atoms with Crippen molar-refractivity contribution in [3.05, 3.63) is 67.8 Å². The van der Waals surface area contributed by atoms with E-state index in [0.29, 0.717) is 5.69 Å². The smallest absolute Gasteiger partial charge is 0.279 e. The average molecular weight is 344 g/mol. The first-order valence-corrected chi connectivity index (χ1v) is 7.23. The number of nitrogens with one attached hydrogen (secondary N) is 1. The van der Waals surface area contributed by atoms with Crippen LogP contribution in [0.15, 0.2) is 36.4 Å². The van der Waals surface area contributed by atoms with E-state index in [-0.39, 0.29) is 11.1 Å². The molecule has 9 heteroatoms. The van der Waals surface area contributed by atoms with Gasteiger partial charge in [0.05, 0.1) is 15.4 Å². The Morgan fingerprint density at radius 3 is 1.88 bits per heavy atom. The van der Waals surface area contributed by atoms with Gasteiger partial charge in [0.2, 0.25) is 0 Å². The van der Waals surface area contributed by atoms with Gasteiger partial charge in [0, 0.05) is 37.6 Å². The highest BCUT2D eigenvalue weighted by molar-refractivity contribution is 6.05.